The summed E-state index contributed by atoms with van der Waals surface area (Å²) in [5, 5.41) is 6.53. The van der Waals surface area contributed by atoms with Crippen molar-refractivity contribution in [2.45, 2.75) is 51.0 Å². The Kier molecular flexibility index (Phi) is 6.35. The predicted molar refractivity (Wildman–Crippen MR) is 139 cm³/mol. The van der Waals surface area contributed by atoms with E-state index in [2.05, 4.69) is 35.6 Å². The van der Waals surface area contributed by atoms with E-state index in [9.17, 15) is 8.42 Å². The summed E-state index contributed by atoms with van der Waals surface area (Å²) in [6, 6.07) is 9.07. The van der Waals surface area contributed by atoms with Gasteiger partial charge in [0.1, 0.15) is 28.8 Å². The van der Waals surface area contributed by atoms with Crippen molar-refractivity contribution in [3.05, 3.63) is 53.2 Å². The van der Waals surface area contributed by atoms with E-state index in [-0.39, 0.29) is 11.0 Å². The van der Waals surface area contributed by atoms with E-state index in [4.69, 9.17) is 4.74 Å². The van der Waals surface area contributed by atoms with Crippen LogP contribution in [0, 0.1) is 20.8 Å². The van der Waals surface area contributed by atoms with Crippen LogP contribution in [0.1, 0.15) is 48.3 Å². The second-order valence-electron chi connectivity index (χ2n) is 9.15. The molecule has 1 saturated heterocycles. The second kappa shape index (κ2) is 9.47. The summed E-state index contributed by atoms with van der Waals surface area (Å²) in [6.07, 6.45) is 4.10. The minimum atomic E-state index is -3.52. The summed E-state index contributed by atoms with van der Waals surface area (Å²) < 4.78 is 31.4. The summed E-state index contributed by atoms with van der Waals surface area (Å²) in [7, 11) is -3.52. The number of pyridine rings is 1. The molecule has 0 aliphatic carbocycles. The third-order valence-corrected chi connectivity index (χ3v) is 7.16. The predicted octanol–water partition coefficient (Wildman–Crippen LogP) is 4.81. The maximum absolute atomic E-state index is 12.8. The molecule has 1 aromatic carbocycles. The van der Waals surface area contributed by atoms with Crippen LogP contribution in [0.2, 0.25) is 0 Å². The molecule has 11 heteroatoms. The van der Waals surface area contributed by atoms with Crippen LogP contribution >= 0.6 is 0 Å². The SMILES string of the molecule is Cc1cc(Nc2cc(Nc3ccc([C@H]4CCCCO4)cc3S(C)(=O)=O)c3[nH]c(C)nc3n2)nc(C)n1. The molecule has 3 aromatic heterocycles. The van der Waals surface area contributed by atoms with Crippen LogP contribution in [0.4, 0.5) is 23.0 Å². The van der Waals surface area contributed by atoms with Gasteiger partial charge in [0.25, 0.3) is 0 Å². The monoisotopic (exact) mass is 507 g/mol. The van der Waals surface area contributed by atoms with Crippen molar-refractivity contribution < 1.29 is 13.2 Å². The van der Waals surface area contributed by atoms with E-state index < -0.39 is 9.84 Å². The summed E-state index contributed by atoms with van der Waals surface area (Å²) in [5.41, 5.74) is 3.98. The van der Waals surface area contributed by atoms with Gasteiger partial charge in [-0.25, -0.2) is 28.4 Å². The standard InChI is InChI=1S/C25H29N7O3S/c1-14-11-22(27-15(2)26-14)31-23-13-19(24-25(32-23)29-16(3)28-24)30-18-9-8-17(12-21(18)36(4,33)34)20-7-5-6-10-35-20/h8-9,11-13,20H,5-7,10H2,1-4H3,(H3,26,27,28,29,30,31,32)/t20-/m1/s1. The maximum atomic E-state index is 12.8. The molecule has 0 saturated carbocycles. The number of benzene rings is 1. The van der Waals surface area contributed by atoms with Gasteiger partial charge in [-0.1, -0.05) is 6.07 Å². The number of aromatic nitrogens is 5. The number of hydrogen-bond donors (Lipinski definition) is 3. The van der Waals surface area contributed by atoms with Crippen LogP contribution in [0.5, 0.6) is 0 Å². The molecule has 1 atom stereocenters. The van der Waals surface area contributed by atoms with E-state index in [0.29, 0.717) is 52.4 Å². The van der Waals surface area contributed by atoms with E-state index in [1.807, 2.05) is 32.9 Å². The lowest BCUT2D eigenvalue weighted by Gasteiger charge is -2.24. The number of aryl methyl sites for hydroxylation is 3. The van der Waals surface area contributed by atoms with Crippen molar-refractivity contribution in [1.29, 1.82) is 0 Å². The molecule has 5 rings (SSSR count). The fraction of sp³-hybridized carbons (Fsp3) is 0.360. The van der Waals surface area contributed by atoms with Crippen molar-refractivity contribution in [2.75, 3.05) is 23.5 Å². The minimum absolute atomic E-state index is 0.0910. The zero-order valence-electron chi connectivity index (χ0n) is 20.7. The smallest absolute Gasteiger partial charge is 0.181 e. The van der Waals surface area contributed by atoms with Crippen molar-refractivity contribution in [2.24, 2.45) is 0 Å². The molecule has 1 fully saturated rings. The first-order chi connectivity index (χ1) is 17.2. The number of sulfone groups is 1. The van der Waals surface area contributed by atoms with Gasteiger partial charge in [-0.3, -0.25) is 0 Å². The lowest BCUT2D eigenvalue weighted by molar-refractivity contribution is 0.0148. The topological polar surface area (TPSA) is 135 Å². The Hall–Kier alpha value is -3.57. The number of fused-ring (bicyclic) bond motifs is 1. The summed E-state index contributed by atoms with van der Waals surface area (Å²) >= 11 is 0. The van der Waals surface area contributed by atoms with Gasteiger partial charge in [0, 0.05) is 30.7 Å². The highest BCUT2D eigenvalue weighted by Crippen LogP contribution is 2.35. The third kappa shape index (κ3) is 5.17. The van der Waals surface area contributed by atoms with E-state index in [0.717, 1.165) is 30.5 Å². The average molecular weight is 508 g/mol. The number of anilines is 4. The molecular weight excluding hydrogens is 478 g/mol. The molecule has 36 heavy (non-hydrogen) atoms. The molecular formula is C25H29N7O3S. The molecule has 3 N–H and O–H groups in total. The molecule has 4 heterocycles. The Morgan fingerprint density at radius 3 is 2.47 bits per heavy atom. The summed E-state index contributed by atoms with van der Waals surface area (Å²) in [5.74, 6) is 2.47. The Morgan fingerprint density at radius 1 is 0.944 bits per heavy atom. The van der Waals surface area contributed by atoms with Crippen molar-refractivity contribution in [1.82, 2.24) is 24.9 Å². The van der Waals surface area contributed by atoms with Gasteiger partial charge in [0.05, 0.1) is 22.4 Å². The summed E-state index contributed by atoms with van der Waals surface area (Å²) in [6.45, 7) is 6.26. The number of aromatic amines is 1. The highest BCUT2D eigenvalue weighted by molar-refractivity contribution is 7.90. The van der Waals surface area contributed by atoms with Crippen molar-refractivity contribution in [3.63, 3.8) is 0 Å². The molecule has 0 bridgehead atoms. The second-order valence-corrected chi connectivity index (χ2v) is 11.1. The fourth-order valence-electron chi connectivity index (χ4n) is 4.48. The number of H-pyrrole nitrogens is 1. The number of nitrogens with one attached hydrogen (secondary N) is 3. The fourth-order valence-corrected chi connectivity index (χ4v) is 5.34. The molecule has 0 radical (unpaired) electrons. The van der Waals surface area contributed by atoms with Crippen LogP contribution in [-0.2, 0) is 14.6 Å². The van der Waals surface area contributed by atoms with Gasteiger partial charge in [0.2, 0.25) is 0 Å². The van der Waals surface area contributed by atoms with Gasteiger partial charge in [-0.2, -0.15) is 0 Å². The number of ether oxygens (including phenoxy) is 1. The van der Waals surface area contributed by atoms with Crippen LogP contribution in [0.25, 0.3) is 11.2 Å². The van der Waals surface area contributed by atoms with Crippen LogP contribution in [-0.4, -0.2) is 46.2 Å². The first kappa shape index (κ1) is 24.1. The lowest BCUT2D eigenvalue weighted by Crippen LogP contribution is -2.13. The van der Waals surface area contributed by atoms with Crippen molar-refractivity contribution in [3.8, 4) is 0 Å². The molecule has 0 unspecified atom stereocenters. The number of hydrogen-bond acceptors (Lipinski definition) is 9. The van der Waals surface area contributed by atoms with Gasteiger partial charge in [-0.15, -0.1) is 0 Å². The first-order valence-electron chi connectivity index (χ1n) is 11.8. The van der Waals surface area contributed by atoms with E-state index in [1.54, 1.807) is 18.2 Å². The maximum Gasteiger partial charge on any atom is 0.181 e. The minimum Gasteiger partial charge on any atom is -0.374 e. The van der Waals surface area contributed by atoms with Gasteiger partial charge in [-0.05, 0) is 57.7 Å². The normalized spacial score (nSPS) is 16.3. The van der Waals surface area contributed by atoms with E-state index >= 15 is 0 Å². The third-order valence-electron chi connectivity index (χ3n) is 6.03. The molecule has 4 aromatic rings. The Morgan fingerprint density at radius 2 is 1.75 bits per heavy atom. The quantitative estimate of drug-likeness (QED) is 0.336. The number of rotatable bonds is 6. The van der Waals surface area contributed by atoms with Crippen LogP contribution in [0.3, 0.4) is 0 Å². The zero-order valence-corrected chi connectivity index (χ0v) is 21.5. The molecule has 1 aliphatic rings. The lowest BCUT2D eigenvalue weighted by atomic mass is 10.0. The molecule has 1 aliphatic heterocycles. The number of imidazole rings is 1. The zero-order chi connectivity index (χ0) is 25.4. The highest BCUT2D eigenvalue weighted by atomic mass is 32.2. The first-order valence-corrected chi connectivity index (χ1v) is 13.7. The molecule has 188 valence electrons. The summed E-state index contributed by atoms with van der Waals surface area (Å²) in [4.78, 5) is 21.3. The largest absolute Gasteiger partial charge is 0.374 e. The van der Waals surface area contributed by atoms with Crippen LogP contribution < -0.4 is 10.6 Å². The van der Waals surface area contributed by atoms with Gasteiger partial charge >= 0.3 is 0 Å². The Labute approximate surface area is 209 Å². The molecule has 0 amide bonds. The Balaban J connectivity index is 1.55. The molecule has 10 nitrogen and oxygen atoms in total. The average Bonchev–Trinajstić information content (AvgIpc) is 3.19. The van der Waals surface area contributed by atoms with Gasteiger partial charge < -0.3 is 20.4 Å². The number of nitrogens with zero attached hydrogens (tertiary/aromatic N) is 4. The van der Waals surface area contributed by atoms with Gasteiger partial charge in [0.15, 0.2) is 15.5 Å². The van der Waals surface area contributed by atoms with Crippen molar-refractivity contribution >= 4 is 44.0 Å². The molecule has 0 spiro atoms. The Bertz CT molecular complexity index is 1520. The van der Waals surface area contributed by atoms with E-state index in [1.165, 1.54) is 6.26 Å². The van der Waals surface area contributed by atoms with Crippen LogP contribution in [0.15, 0.2) is 35.2 Å². The highest BCUT2D eigenvalue weighted by Gasteiger charge is 2.22.